The smallest absolute Gasteiger partial charge is 0.305 e. The number of likely N-dealkylation sites (N-methyl/N-ethyl adjacent to an activating group) is 1. The number of aromatic nitrogens is 1. The number of likely N-dealkylation sites (tertiary alicyclic amines) is 1. The number of nitrogens with one attached hydrogen (secondary N) is 1. The Labute approximate surface area is 173 Å². The first-order chi connectivity index (χ1) is 14.0. The maximum absolute atomic E-state index is 13.1. The Morgan fingerprint density at radius 1 is 1.31 bits per heavy atom. The molecule has 4 rings (SSSR count). The molecule has 1 aliphatic heterocycles. The van der Waals surface area contributed by atoms with Crippen LogP contribution in [0.2, 0.25) is 0 Å². The Morgan fingerprint density at radius 2 is 2.10 bits per heavy atom. The van der Waals surface area contributed by atoms with Gasteiger partial charge in [0.25, 0.3) is 0 Å². The summed E-state index contributed by atoms with van der Waals surface area (Å²) in [6.45, 7) is 2.18. The summed E-state index contributed by atoms with van der Waals surface area (Å²) < 4.78 is 0.898. The second-order valence-corrected chi connectivity index (χ2v) is 8.67. The van der Waals surface area contributed by atoms with Crippen LogP contribution in [0.15, 0.2) is 53.3 Å². The van der Waals surface area contributed by atoms with Crippen LogP contribution >= 0.6 is 11.3 Å². The van der Waals surface area contributed by atoms with Crippen LogP contribution in [0.5, 0.6) is 0 Å². The molecule has 0 spiro atoms. The summed E-state index contributed by atoms with van der Waals surface area (Å²) in [5.41, 5.74) is 2.74. The van der Waals surface area contributed by atoms with Gasteiger partial charge in [-0.05, 0) is 29.7 Å². The van der Waals surface area contributed by atoms with Gasteiger partial charge >= 0.3 is 4.87 Å². The van der Waals surface area contributed by atoms with Crippen molar-refractivity contribution in [2.45, 2.75) is 25.0 Å². The number of thiazole rings is 1. The molecular weight excluding hydrogens is 386 g/mol. The van der Waals surface area contributed by atoms with Crippen LogP contribution in [0, 0.1) is 0 Å². The molecule has 0 radical (unpaired) electrons. The van der Waals surface area contributed by atoms with Crippen molar-refractivity contribution in [1.82, 2.24) is 14.8 Å². The van der Waals surface area contributed by atoms with Gasteiger partial charge < -0.3 is 15.0 Å². The lowest BCUT2D eigenvalue weighted by Crippen LogP contribution is -2.39. The van der Waals surface area contributed by atoms with Crippen molar-refractivity contribution in [2.24, 2.45) is 0 Å². The number of hydrogen-bond acceptors (Lipinski definition) is 5. The van der Waals surface area contributed by atoms with E-state index in [0.717, 1.165) is 34.3 Å². The fourth-order valence-electron chi connectivity index (χ4n) is 3.93. The summed E-state index contributed by atoms with van der Waals surface area (Å²) in [4.78, 5) is 31.4. The van der Waals surface area contributed by atoms with Crippen molar-refractivity contribution in [3.05, 3.63) is 69.3 Å². The fraction of sp³-hybridized carbons (Fsp3) is 0.364. The average molecular weight is 412 g/mol. The van der Waals surface area contributed by atoms with E-state index >= 15 is 0 Å². The van der Waals surface area contributed by atoms with E-state index in [1.165, 1.54) is 11.3 Å². The normalized spacial score (nSPS) is 18.2. The van der Waals surface area contributed by atoms with Crippen molar-refractivity contribution >= 4 is 27.5 Å². The van der Waals surface area contributed by atoms with Crippen LogP contribution < -0.4 is 4.87 Å². The summed E-state index contributed by atoms with van der Waals surface area (Å²) in [6.07, 6.45) is 0.765. The van der Waals surface area contributed by atoms with E-state index in [4.69, 9.17) is 0 Å². The quantitative estimate of drug-likeness (QED) is 0.653. The lowest BCUT2D eigenvalue weighted by molar-refractivity contribution is -0.131. The molecule has 2 atom stereocenters. The van der Waals surface area contributed by atoms with Crippen molar-refractivity contribution in [2.75, 3.05) is 26.7 Å². The van der Waals surface area contributed by atoms with Gasteiger partial charge in [-0.1, -0.05) is 47.7 Å². The second-order valence-electron chi connectivity index (χ2n) is 7.66. The number of H-pyrrole nitrogens is 1. The number of hydrogen-bond donors (Lipinski definition) is 2. The van der Waals surface area contributed by atoms with Crippen molar-refractivity contribution in [1.29, 1.82) is 0 Å². The SMILES string of the molecule is CN(C(=O)Cc1ccc2sc(=O)[nH]c2c1)C(CN1CC[C@H](O)C1)c1ccccc1. The Bertz CT molecular complexity index is 1050. The molecule has 1 aromatic heterocycles. The van der Waals surface area contributed by atoms with E-state index in [1.54, 1.807) is 4.90 Å². The molecule has 1 fully saturated rings. The molecule has 7 heteroatoms. The van der Waals surface area contributed by atoms with Gasteiger partial charge in [-0.2, -0.15) is 0 Å². The van der Waals surface area contributed by atoms with E-state index in [-0.39, 0.29) is 29.3 Å². The summed E-state index contributed by atoms with van der Waals surface area (Å²) in [6, 6.07) is 15.6. The molecule has 1 unspecified atom stereocenters. The first-order valence-corrected chi connectivity index (χ1v) is 10.6. The molecule has 1 saturated heterocycles. The summed E-state index contributed by atoms with van der Waals surface area (Å²) in [7, 11) is 1.84. The zero-order chi connectivity index (χ0) is 20.4. The van der Waals surface area contributed by atoms with E-state index in [1.807, 2.05) is 55.6 Å². The number of carbonyl (C=O) groups excluding carboxylic acids is 1. The summed E-state index contributed by atoms with van der Waals surface area (Å²) in [5.74, 6) is 0.0236. The minimum Gasteiger partial charge on any atom is -0.392 e. The highest BCUT2D eigenvalue weighted by Gasteiger charge is 2.28. The largest absolute Gasteiger partial charge is 0.392 e. The number of carbonyl (C=O) groups is 1. The van der Waals surface area contributed by atoms with Gasteiger partial charge in [-0.15, -0.1) is 0 Å². The molecular formula is C22H25N3O3S. The van der Waals surface area contributed by atoms with Crippen LogP contribution in [0.4, 0.5) is 0 Å². The molecule has 3 aromatic rings. The number of amides is 1. The molecule has 29 heavy (non-hydrogen) atoms. The molecule has 2 N–H and O–H groups in total. The number of rotatable bonds is 6. The number of β-amino-alcohol motifs (C(OH)–C–C–N with tert-alkyl or cyclic N) is 1. The first-order valence-electron chi connectivity index (χ1n) is 9.82. The van der Waals surface area contributed by atoms with Crippen LogP contribution in [0.3, 0.4) is 0 Å². The minimum atomic E-state index is -0.285. The highest BCUT2D eigenvalue weighted by molar-refractivity contribution is 7.16. The maximum atomic E-state index is 13.1. The maximum Gasteiger partial charge on any atom is 0.305 e. The van der Waals surface area contributed by atoms with Gasteiger partial charge in [0, 0.05) is 26.7 Å². The van der Waals surface area contributed by atoms with E-state index in [9.17, 15) is 14.7 Å². The van der Waals surface area contributed by atoms with Gasteiger partial charge in [0.05, 0.1) is 28.8 Å². The van der Waals surface area contributed by atoms with Gasteiger partial charge in [-0.25, -0.2) is 0 Å². The van der Waals surface area contributed by atoms with Crippen LogP contribution in [0.25, 0.3) is 10.2 Å². The highest BCUT2D eigenvalue weighted by atomic mass is 32.1. The van der Waals surface area contributed by atoms with E-state index < -0.39 is 0 Å². The highest BCUT2D eigenvalue weighted by Crippen LogP contribution is 2.24. The Morgan fingerprint density at radius 3 is 2.83 bits per heavy atom. The number of aromatic amines is 1. The van der Waals surface area contributed by atoms with Crippen LogP contribution in [-0.4, -0.2) is 58.6 Å². The van der Waals surface area contributed by atoms with Gasteiger partial charge in [-0.3, -0.25) is 14.5 Å². The number of benzene rings is 2. The number of aliphatic hydroxyl groups is 1. The van der Waals surface area contributed by atoms with E-state index in [0.29, 0.717) is 13.1 Å². The molecule has 0 aliphatic carbocycles. The molecule has 0 saturated carbocycles. The molecule has 2 aromatic carbocycles. The molecule has 0 bridgehead atoms. The Kier molecular flexibility index (Phi) is 5.80. The zero-order valence-electron chi connectivity index (χ0n) is 16.4. The predicted octanol–water partition coefficient (Wildman–Crippen LogP) is 2.40. The standard InChI is InChI=1S/C22H25N3O3S/c1-24(21(27)12-15-7-8-20-18(11-15)23-22(28)29-20)19(16-5-3-2-4-6-16)14-25-10-9-17(26)13-25/h2-8,11,17,19,26H,9-10,12-14H2,1H3,(H,23,28)/t17-,19?/m0/s1. The minimum absolute atomic E-state index is 0.0236. The lowest BCUT2D eigenvalue weighted by Gasteiger charge is -2.32. The summed E-state index contributed by atoms with van der Waals surface area (Å²) in [5, 5.41) is 9.87. The second kappa shape index (κ2) is 8.49. The third-order valence-electron chi connectivity index (χ3n) is 5.56. The third-order valence-corrected chi connectivity index (χ3v) is 6.43. The van der Waals surface area contributed by atoms with Crippen LogP contribution in [0.1, 0.15) is 23.6 Å². The number of fused-ring (bicyclic) bond motifs is 1. The zero-order valence-corrected chi connectivity index (χ0v) is 17.2. The van der Waals surface area contributed by atoms with Crippen molar-refractivity contribution in [3.8, 4) is 0 Å². The van der Waals surface area contributed by atoms with Crippen molar-refractivity contribution < 1.29 is 9.90 Å². The van der Waals surface area contributed by atoms with Crippen molar-refractivity contribution in [3.63, 3.8) is 0 Å². The third kappa shape index (κ3) is 4.58. The summed E-state index contributed by atoms with van der Waals surface area (Å²) >= 11 is 1.17. The van der Waals surface area contributed by atoms with Gasteiger partial charge in [0.1, 0.15) is 0 Å². The van der Waals surface area contributed by atoms with Gasteiger partial charge in [0.2, 0.25) is 5.91 Å². The molecule has 152 valence electrons. The molecule has 2 heterocycles. The predicted molar refractivity (Wildman–Crippen MR) is 115 cm³/mol. The first kappa shape index (κ1) is 19.8. The van der Waals surface area contributed by atoms with E-state index in [2.05, 4.69) is 9.88 Å². The van der Waals surface area contributed by atoms with Gasteiger partial charge in [0.15, 0.2) is 0 Å². The fourth-order valence-corrected chi connectivity index (χ4v) is 4.65. The monoisotopic (exact) mass is 411 g/mol. The molecule has 1 amide bonds. The van der Waals surface area contributed by atoms with Crippen LogP contribution in [-0.2, 0) is 11.2 Å². The molecule has 1 aliphatic rings. The number of nitrogens with zero attached hydrogens (tertiary/aromatic N) is 2. The Balaban J connectivity index is 1.52. The number of aliphatic hydroxyl groups excluding tert-OH is 1. The Hall–Kier alpha value is -2.48. The average Bonchev–Trinajstić information content (AvgIpc) is 3.30. The molecule has 6 nitrogen and oxygen atoms in total. The topological polar surface area (TPSA) is 76.6 Å². The lowest BCUT2D eigenvalue weighted by atomic mass is 10.0.